The quantitative estimate of drug-likeness (QED) is 0.564. The van der Waals surface area contributed by atoms with Gasteiger partial charge in [-0.25, -0.2) is 4.79 Å². The van der Waals surface area contributed by atoms with Crippen molar-refractivity contribution in [1.82, 2.24) is 4.90 Å². The van der Waals surface area contributed by atoms with Gasteiger partial charge in [0, 0.05) is 22.5 Å². The van der Waals surface area contributed by atoms with Crippen molar-refractivity contribution in [3.05, 3.63) is 81.4 Å². The van der Waals surface area contributed by atoms with Crippen molar-refractivity contribution in [2.24, 2.45) is 0 Å². The van der Waals surface area contributed by atoms with E-state index in [4.69, 9.17) is 23.2 Å². The minimum atomic E-state index is -1.01. The van der Waals surface area contributed by atoms with E-state index in [1.165, 1.54) is 4.90 Å². The molecule has 0 spiro atoms. The summed E-state index contributed by atoms with van der Waals surface area (Å²) in [5.41, 5.74) is 3.45. The van der Waals surface area contributed by atoms with E-state index in [2.05, 4.69) is 6.58 Å². The zero-order valence-electron chi connectivity index (χ0n) is 17.1. The molecule has 158 valence electrons. The molecule has 3 rings (SSSR count). The molecule has 4 nitrogen and oxygen atoms in total. The number of carbonyl (C=O) groups excluding carboxylic acids is 1. The first-order valence-corrected chi connectivity index (χ1v) is 10.7. The predicted octanol–water partition coefficient (Wildman–Crippen LogP) is 5.88. The number of benzene rings is 2. The van der Waals surface area contributed by atoms with E-state index in [1.807, 2.05) is 37.3 Å². The molecule has 1 heterocycles. The van der Waals surface area contributed by atoms with Crippen LogP contribution in [0.2, 0.25) is 10.0 Å². The lowest BCUT2D eigenvalue weighted by atomic mass is 9.83. The first-order valence-electron chi connectivity index (χ1n) is 9.96. The van der Waals surface area contributed by atoms with E-state index in [0.717, 1.165) is 22.3 Å². The third kappa shape index (κ3) is 4.40. The highest BCUT2D eigenvalue weighted by Crippen LogP contribution is 2.42. The highest BCUT2D eigenvalue weighted by Gasteiger charge is 2.40. The van der Waals surface area contributed by atoms with Crippen molar-refractivity contribution in [1.29, 1.82) is 0 Å². The van der Waals surface area contributed by atoms with Gasteiger partial charge >= 0.3 is 5.97 Å². The summed E-state index contributed by atoms with van der Waals surface area (Å²) in [4.78, 5) is 27.1. The fourth-order valence-corrected chi connectivity index (χ4v) is 4.71. The molecular weight excluding hydrogens is 421 g/mol. The number of carboxylic acids is 1. The molecule has 1 aliphatic rings. The topological polar surface area (TPSA) is 57.6 Å². The summed E-state index contributed by atoms with van der Waals surface area (Å²) >= 11 is 12.9. The van der Waals surface area contributed by atoms with E-state index in [0.29, 0.717) is 22.9 Å². The predicted molar refractivity (Wildman–Crippen MR) is 120 cm³/mol. The van der Waals surface area contributed by atoms with Crippen molar-refractivity contribution < 1.29 is 14.7 Å². The third-order valence-electron chi connectivity index (χ3n) is 5.64. The zero-order valence-corrected chi connectivity index (χ0v) is 18.6. The Bertz CT molecular complexity index is 988. The van der Waals surface area contributed by atoms with Gasteiger partial charge in [0.05, 0.1) is 5.92 Å². The number of aliphatic carboxylic acids is 1. The van der Waals surface area contributed by atoms with Crippen LogP contribution in [0.3, 0.4) is 0 Å². The summed E-state index contributed by atoms with van der Waals surface area (Å²) in [6.45, 7) is 7.85. The van der Waals surface area contributed by atoms with Crippen LogP contribution in [0.25, 0.3) is 0 Å². The zero-order chi connectivity index (χ0) is 22.0. The van der Waals surface area contributed by atoms with Gasteiger partial charge in [0.2, 0.25) is 5.91 Å². The second kappa shape index (κ2) is 9.23. The van der Waals surface area contributed by atoms with E-state index in [1.54, 1.807) is 19.1 Å². The number of rotatable bonds is 6. The van der Waals surface area contributed by atoms with Crippen LogP contribution in [0, 0.1) is 0 Å². The molecule has 2 aromatic carbocycles. The lowest BCUT2D eigenvalue weighted by molar-refractivity contribution is -0.151. The SMILES string of the molecule is C=C(C)CC1C(=O)N(C(CC)C(=O)O)CC(c2ccccc2Cl)c2cc(Cl)ccc21. The Labute approximate surface area is 187 Å². The minimum absolute atomic E-state index is 0.203. The normalized spacial score (nSPS) is 19.7. The van der Waals surface area contributed by atoms with E-state index in [9.17, 15) is 14.7 Å². The number of halogens is 2. The van der Waals surface area contributed by atoms with Crippen LogP contribution in [0.5, 0.6) is 0 Å². The molecule has 0 aliphatic carbocycles. The molecule has 0 fully saturated rings. The molecule has 0 saturated carbocycles. The monoisotopic (exact) mass is 445 g/mol. The molecule has 0 aromatic heterocycles. The summed E-state index contributed by atoms with van der Waals surface area (Å²) in [6, 6.07) is 12.1. The van der Waals surface area contributed by atoms with Crippen LogP contribution >= 0.6 is 23.2 Å². The van der Waals surface area contributed by atoms with Crippen LogP contribution < -0.4 is 0 Å². The Morgan fingerprint density at radius 1 is 1.20 bits per heavy atom. The maximum absolute atomic E-state index is 13.7. The number of fused-ring (bicyclic) bond motifs is 1. The van der Waals surface area contributed by atoms with Gasteiger partial charge in [-0.05, 0) is 54.7 Å². The second-order valence-corrected chi connectivity index (χ2v) is 8.66. The lowest BCUT2D eigenvalue weighted by Gasteiger charge is -2.31. The molecule has 1 N–H and O–H groups in total. The van der Waals surface area contributed by atoms with Gasteiger partial charge in [0.15, 0.2) is 0 Å². The standard InChI is InChI=1S/C24H25Cl2NO3/c1-4-22(24(29)30)27-13-20(17-7-5-6-8-21(17)26)18-12-15(25)9-10-16(18)19(23(27)28)11-14(2)3/h5-10,12,19-20,22H,2,4,11,13H2,1,3H3,(H,29,30). The summed E-state index contributed by atoms with van der Waals surface area (Å²) in [5, 5.41) is 11.0. The molecule has 1 amide bonds. The Morgan fingerprint density at radius 3 is 2.50 bits per heavy atom. The van der Waals surface area contributed by atoms with Gasteiger partial charge < -0.3 is 10.0 Å². The van der Waals surface area contributed by atoms with Gasteiger partial charge in [-0.15, -0.1) is 6.58 Å². The molecule has 3 unspecified atom stereocenters. The smallest absolute Gasteiger partial charge is 0.326 e. The number of nitrogens with zero attached hydrogens (tertiary/aromatic N) is 1. The average Bonchev–Trinajstić information content (AvgIpc) is 2.79. The number of carboxylic acid groups (broad SMARTS) is 1. The van der Waals surface area contributed by atoms with Crippen LogP contribution in [0.4, 0.5) is 0 Å². The Kier molecular flexibility index (Phi) is 6.89. The molecule has 30 heavy (non-hydrogen) atoms. The van der Waals surface area contributed by atoms with Gasteiger partial charge in [-0.1, -0.05) is 60.0 Å². The van der Waals surface area contributed by atoms with Crippen molar-refractivity contribution in [2.75, 3.05) is 6.54 Å². The van der Waals surface area contributed by atoms with Gasteiger partial charge in [0.1, 0.15) is 6.04 Å². The number of allylic oxidation sites excluding steroid dienone is 1. The highest BCUT2D eigenvalue weighted by molar-refractivity contribution is 6.31. The Hall–Kier alpha value is -2.30. The van der Waals surface area contributed by atoms with Crippen LogP contribution in [-0.4, -0.2) is 34.5 Å². The molecule has 3 atom stereocenters. The van der Waals surface area contributed by atoms with Crippen molar-refractivity contribution in [3.8, 4) is 0 Å². The van der Waals surface area contributed by atoms with Gasteiger partial charge in [-0.2, -0.15) is 0 Å². The number of amides is 1. The van der Waals surface area contributed by atoms with E-state index >= 15 is 0 Å². The first-order chi connectivity index (χ1) is 14.2. The fourth-order valence-electron chi connectivity index (χ4n) is 4.26. The van der Waals surface area contributed by atoms with Gasteiger partial charge in [-0.3, -0.25) is 4.79 Å². The van der Waals surface area contributed by atoms with Crippen LogP contribution in [0.1, 0.15) is 55.2 Å². The average molecular weight is 446 g/mol. The molecular formula is C24H25Cl2NO3. The minimum Gasteiger partial charge on any atom is -0.480 e. The summed E-state index contributed by atoms with van der Waals surface area (Å²) in [7, 11) is 0. The fraction of sp³-hybridized carbons (Fsp3) is 0.333. The van der Waals surface area contributed by atoms with E-state index in [-0.39, 0.29) is 18.4 Å². The molecule has 6 heteroatoms. The summed E-state index contributed by atoms with van der Waals surface area (Å²) < 4.78 is 0. The first kappa shape index (κ1) is 22.4. The molecule has 1 aliphatic heterocycles. The maximum Gasteiger partial charge on any atom is 0.326 e. The molecule has 0 bridgehead atoms. The third-order valence-corrected chi connectivity index (χ3v) is 6.22. The number of carbonyl (C=O) groups is 2. The van der Waals surface area contributed by atoms with Crippen LogP contribution in [0.15, 0.2) is 54.6 Å². The Balaban J connectivity index is 2.26. The van der Waals surface area contributed by atoms with Crippen LogP contribution in [-0.2, 0) is 9.59 Å². The van der Waals surface area contributed by atoms with Crippen molar-refractivity contribution >= 4 is 35.1 Å². The lowest BCUT2D eigenvalue weighted by Crippen LogP contribution is -2.47. The van der Waals surface area contributed by atoms with E-state index < -0.39 is 17.9 Å². The summed E-state index contributed by atoms with van der Waals surface area (Å²) in [6.07, 6.45) is 0.752. The maximum atomic E-state index is 13.7. The molecule has 0 saturated heterocycles. The molecule has 2 aromatic rings. The largest absolute Gasteiger partial charge is 0.480 e. The molecule has 0 radical (unpaired) electrons. The number of hydrogen-bond donors (Lipinski definition) is 1. The summed E-state index contributed by atoms with van der Waals surface area (Å²) in [5.74, 6) is -2.03. The van der Waals surface area contributed by atoms with Crippen molar-refractivity contribution in [2.45, 2.75) is 44.6 Å². The second-order valence-electron chi connectivity index (χ2n) is 7.81. The van der Waals surface area contributed by atoms with Crippen molar-refractivity contribution in [3.63, 3.8) is 0 Å². The van der Waals surface area contributed by atoms with Gasteiger partial charge in [0.25, 0.3) is 0 Å². The highest BCUT2D eigenvalue weighted by atomic mass is 35.5. The Morgan fingerprint density at radius 2 is 1.90 bits per heavy atom. The number of hydrogen-bond acceptors (Lipinski definition) is 2.